The minimum Gasteiger partial charge on any atom is -0.494 e. The molecular weight excluding hydrogens is 435 g/mol. The van der Waals surface area contributed by atoms with Crippen molar-refractivity contribution in [3.63, 3.8) is 0 Å². The number of rotatable bonds is 13. The SMILES string of the molecule is CCCCCCCCC1CCN(c2ccc(-c3ccc(OCCCC(F)(F)F)cc3)cc2)CC1. The Morgan fingerprint density at radius 2 is 1.38 bits per heavy atom. The first kappa shape index (κ1) is 26.4. The topological polar surface area (TPSA) is 12.5 Å². The average Bonchev–Trinajstić information content (AvgIpc) is 2.84. The van der Waals surface area contributed by atoms with E-state index < -0.39 is 12.6 Å². The normalized spacial score (nSPS) is 15.0. The maximum absolute atomic E-state index is 12.2. The van der Waals surface area contributed by atoms with E-state index in [1.807, 2.05) is 24.3 Å². The lowest BCUT2D eigenvalue weighted by Gasteiger charge is -2.33. The highest BCUT2D eigenvalue weighted by Crippen LogP contribution is 2.29. The molecule has 0 unspecified atom stereocenters. The van der Waals surface area contributed by atoms with Crippen LogP contribution in [0.4, 0.5) is 18.9 Å². The van der Waals surface area contributed by atoms with Crippen molar-refractivity contribution in [3.8, 4) is 16.9 Å². The second kappa shape index (κ2) is 13.7. The van der Waals surface area contributed by atoms with Gasteiger partial charge in [0.15, 0.2) is 0 Å². The van der Waals surface area contributed by atoms with Crippen molar-refractivity contribution < 1.29 is 17.9 Å². The van der Waals surface area contributed by atoms with E-state index in [0.29, 0.717) is 5.75 Å². The number of nitrogens with zero attached hydrogens (tertiary/aromatic N) is 1. The first-order chi connectivity index (χ1) is 16.4. The molecule has 34 heavy (non-hydrogen) atoms. The molecule has 1 fully saturated rings. The van der Waals surface area contributed by atoms with Gasteiger partial charge < -0.3 is 9.64 Å². The van der Waals surface area contributed by atoms with Gasteiger partial charge in [0, 0.05) is 25.2 Å². The Hall–Kier alpha value is -2.17. The molecule has 2 aromatic carbocycles. The number of piperidine rings is 1. The lowest BCUT2D eigenvalue weighted by molar-refractivity contribution is -0.136. The number of hydrogen-bond acceptors (Lipinski definition) is 2. The highest BCUT2D eigenvalue weighted by atomic mass is 19.4. The van der Waals surface area contributed by atoms with Gasteiger partial charge in [0.05, 0.1) is 6.61 Å². The predicted octanol–water partition coefficient (Wildman–Crippen LogP) is 9.04. The molecule has 1 aliphatic rings. The van der Waals surface area contributed by atoms with Crippen LogP contribution in [0.1, 0.15) is 77.6 Å². The Morgan fingerprint density at radius 1 is 0.794 bits per heavy atom. The second-order valence-corrected chi connectivity index (χ2v) is 9.63. The van der Waals surface area contributed by atoms with Crippen LogP contribution in [0, 0.1) is 5.92 Å². The van der Waals surface area contributed by atoms with Crippen LogP contribution in [-0.4, -0.2) is 25.9 Å². The number of anilines is 1. The molecule has 1 heterocycles. The molecule has 0 atom stereocenters. The summed E-state index contributed by atoms with van der Waals surface area (Å²) in [5.74, 6) is 1.49. The standard InChI is InChI=1S/C29H40F3NO/c1-2-3-4-5-6-7-9-24-18-21-33(22-19-24)27-14-10-25(11-15-27)26-12-16-28(17-13-26)34-23-8-20-29(30,31)32/h10-17,24H,2-9,18-23H2,1H3. The fourth-order valence-electron chi connectivity index (χ4n) is 4.76. The molecule has 188 valence electrons. The maximum Gasteiger partial charge on any atom is 0.389 e. The van der Waals surface area contributed by atoms with Gasteiger partial charge in [0.25, 0.3) is 0 Å². The van der Waals surface area contributed by atoms with E-state index in [9.17, 15) is 13.2 Å². The van der Waals surface area contributed by atoms with Gasteiger partial charge >= 0.3 is 6.18 Å². The molecule has 0 aromatic heterocycles. The smallest absolute Gasteiger partial charge is 0.389 e. The van der Waals surface area contributed by atoms with Crippen LogP contribution < -0.4 is 9.64 Å². The molecule has 0 radical (unpaired) electrons. The van der Waals surface area contributed by atoms with Crippen LogP contribution in [-0.2, 0) is 0 Å². The number of halogens is 3. The van der Waals surface area contributed by atoms with E-state index in [1.54, 1.807) is 0 Å². The van der Waals surface area contributed by atoms with Crippen LogP contribution in [0.25, 0.3) is 11.1 Å². The second-order valence-electron chi connectivity index (χ2n) is 9.63. The molecule has 0 N–H and O–H groups in total. The largest absolute Gasteiger partial charge is 0.494 e. The Kier molecular flexibility index (Phi) is 10.6. The zero-order valence-electron chi connectivity index (χ0n) is 20.6. The Bertz CT molecular complexity index is 809. The average molecular weight is 476 g/mol. The summed E-state index contributed by atoms with van der Waals surface area (Å²) >= 11 is 0. The molecule has 3 rings (SSSR count). The summed E-state index contributed by atoms with van der Waals surface area (Å²) in [6.45, 7) is 4.62. The number of ether oxygens (including phenoxy) is 1. The zero-order valence-corrected chi connectivity index (χ0v) is 20.6. The van der Waals surface area contributed by atoms with Crippen molar-refractivity contribution in [2.75, 3.05) is 24.6 Å². The van der Waals surface area contributed by atoms with Crippen LogP contribution >= 0.6 is 0 Å². The fourth-order valence-corrected chi connectivity index (χ4v) is 4.76. The van der Waals surface area contributed by atoms with E-state index in [1.165, 1.54) is 63.5 Å². The molecule has 5 heteroatoms. The van der Waals surface area contributed by atoms with Crippen molar-refractivity contribution in [3.05, 3.63) is 48.5 Å². The number of alkyl halides is 3. The predicted molar refractivity (Wildman–Crippen MR) is 136 cm³/mol. The van der Waals surface area contributed by atoms with Gasteiger partial charge in [-0.1, -0.05) is 76.1 Å². The molecule has 1 saturated heterocycles. The Labute approximate surface area is 203 Å². The number of unbranched alkanes of at least 4 members (excludes halogenated alkanes) is 5. The maximum atomic E-state index is 12.2. The first-order valence-electron chi connectivity index (χ1n) is 13.1. The highest BCUT2D eigenvalue weighted by Gasteiger charge is 2.26. The third-order valence-electron chi connectivity index (χ3n) is 6.87. The quantitative estimate of drug-likeness (QED) is 0.268. The summed E-state index contributed by atoms with van der Waals surface area (Å²) in [5.41, 5.74) is 3.49. The van der Waals surface area contributed by atoms with Gasteiger partial charge in [0.2, 0.25) is 0 Å². The van der Waals surface area contributed by atoms with Crippen LogP contribution in [0.3, 0.4) is 0 Å². The van der Waals surface area contributed by atoms with Crippen molar-refractivity contribution in [1.29, 1.82) is 0 Å². The summed E-state index contributed by atoms with van der Waals surface area (Å²) < 4.78 is 42.1. The first-order valence-corrected chi connectivity index (χ1v) is 13.1. The van der Waals surface area contributed by atoms with E-state index in [2.05, 4.69) is 36.1 Å². The molecule has 2 aromatic rings. The van der Waals surface area contributed by atoms with Crippen molar-refractivity contribution in [1.82, 2.24) is 0 Å². The van der Waals surface area contributed by atoms with Gasteiger partial charge in [-0.3, -0.25) is 0 Å². The van der Waals surface area contributed by atoms with Gasteiger partial charge in [-0.2, -0.15) is 13.2 Å². The van der Waals surface area contributed by atoms with Gasteiger partial charge in [-0.15, -0.1) is 0 Å². The van der Waals surface area contributed by atoms with Crippen molar-refractivity contribution in [2.24, 2.45) is 5.92 Å². The molecule has 0 spiro atoms. The van der Waals surface area contributed by atoms with Crippen molar-refractivity contribution in [2.45, 2.75) is 83.7 Å². The third-order valence-corrected chi connectivity index (χ3v) is 6.87. The minimum atomic E-state index is -4.12. The molecular formula is C29H40F3NO. The van der Waals surface area contributed by atoms with E-state index >= 15 is 0 Å². The summed E-state index contributed by atoms with van der Waals surface area (Å²) in [7, 11) is 0. The minimum absolute atomic E-state index is 0.0248. The van der Waals surface area contributed by atoms with Gasteiger partial charge in [0.1, 0.15) is 5.75 Å². The molecule has 2 nitrogen and oxygen atoms in total. The van der Waals surface area contributed by atoms with E-state index in [0.717, 1.165) is 30.1 Å². The summed E-state index contributed by atoms with van der Waals surface area (Å²) in [5, 5.41) is 0. The lowest BCUT2D eigenvalue weighted by Crippen LogP contribution is -2.33. The number of benzene rings is 2. The van der Waals surface area contributed by atoms with E-state index in [4.69, 9.17) is 4.74 Å². The lowest BCUT2D eigenvalue weighted by atomic mass is 9.90. The molecule has 0 aliphatic carbocycles. The Balaban J connectivity index is 1.39. The molecule has 0 bridgehead atoms. The Morgan fingerprint density at radius 3 is 2.00 bits per heavy atom. The summed E-state index contributed by atoms with van der Waals surface area (Å²) in [6, 6.07) is 16.3. The van der Waals surface area contributed by atoms with E-state index in [-0.39, 0.29) is 13.0 Å². The number of hydrogen-bond donors (Lipinski definition) is 0. The summed E-state index contributed by atoms with van der Waals surface area (Å²) in [4.78, 5) is 2.50. The van der Waals surface area contributed by atoms with Gasteiger partial charge in [-0.25, -0.2) is 0 Å². The van der Waals surface area contributed by atoms with Crippen LogP contribution in [0.15, 0.2) is 48.5 Å². The zero-order chi connectivity index (χ0) is 24.2. The molecule has 0 saturated carbocycles. The van der Waals surface area contributed by atoms with Crippen LogP contribution in [0.5, 0.6) is 5.75 Å². The van der Waals surface area contributed by atoms with Crippen LogP contribution in [0.2, 0.25) is 0 Å². The molecule has 1 aliphatic heterocycles. The van der Waals surface area contributed by atoms with Gasteiger partial charge in [-0.05, 0) is 60.6 Å². The highest BCUT2D eigenvalue weighted by molar-refractivity contribution is 5.67. The molecule has 0 amide bonds. The monoisotopic (exact) mass is 475 g/mol. The van der Waals surface area contributed by atoms with Crippen molar-refractivity contribution >= 4 is 5.69 Å². The fraction of sp³-hybridized carbons (Fsp3) is 0.586. The summed E-state index contributed by atoms with van der Waals surface area (Å²) in [6.07, 6.45) is 7.30. The third kappa shape index (κ3) is 9.23.